The first-order valence-electron chi connectivity index (χ1n) is 4.49. The Bertz CT molecular complexity index is 436. The molecule has 0 N–H and O–H groups in total. The van der Waals surface area contributed by atoms with Crippen LogP contribution in [-0.2, 0) is 14.3 Å². The van der Waals surface area contributed by atoms with Crippen molar-refractivity contribution in [3.8, 4) is 0 Å². The van der Waals surface area contributed by atoms with Crippen LogP contribution in [0.5, 0.6) is 0 Å². The summed E-state index contributed by atoms with van der Waals surface area (Å²) in [6.45, 7) is 0. The third-order valence-electron chi connectivity index (χ3n) is 1.61. The molecule has 0 radical (unpaired) electrons. The Morgan fingerprint density at radius 2 is 2.24 bits per heavy atom. The quantitative estimate of drug-likeness (QED) is 0.448. The molecular weight excluding hydrogens is 324 g/mol. The zero-order valence-electron chi connectivity index (χ0n) is 8.88. The first-order valence-corrected chi connectivity index (χ1v) is 7.10. The second kappa shape index (κ2) is 7.58. The summed E-state index contributed by atoms with van der Waals surface area (Å²) in [5.41, 5.74) is 0. The van der Waals surface area contributed by atoms with E-state index in [9.17, 15) is 9.59 Å². The molecule has 0 aliphatic carbocycles. The van der Waals surface area contributed by atoms with Crippen LogP contribution in [0.3, 0.4) is 0 Å². The Kier molecular flexibility index (Phi) is 6.39. The molecule has 0 aromatic rings. The van der Waals surface area contributed by atoms with E-state index in [0.29, 0.717) is 0 Å². The third-order valence-corrected chi connectivity index (χ3v) is 4.28. The van der Waals surface area contributed by atoms with Gasteiger partial charge in [-0.2, -0.15) is 0 Å². The summed E-state index contributed by atoms with van der Waals surface area (Å²) < 4.78 is 4.48. The molecule has 0 bridgehead atoms. The van der Waals surface area contributed by atoms with Gasteiger partial charge in [-0.05, 0) is 40.4 Å². The van der Waals surface area contributed by atoms with Crippen LogP contribution in [0, 0.1) is 0 Å². The van der Waals surface area contributed by atoms with Crippen LogP contribution in [0.1, 0.15) is 0 Å². The second-order valence-corrected chi connectivity index (χ2v) is 5.24. The summed E-state index contributed by atoms with van der Waals surface area (Å²) in [5, 5.41) is 1.88. The molecule has 1 aliphatic rings. The number of carbonyl (C=O) groups is 2. The molecule has 90 valence electrons. The SMILES string of the molecule is COC(=O)/C=C\C(=C\Br)S/C=C1/C=CC(=O)S1. The van der Waals surface area contributed by atoms with Crippen molar-refractivity contribution in [1.82, 2.24) is 0 Å². The van der Waals surface area contributed by atoms with Crippen LogP contribution < -0.4 is 0 Å². The minimum absolute atomic E-state index is 0.0336. The van der Waals surface area contributed by atoms with Crippen molar-refractivity contribution in [2.75, 3.05) is 7.11 Å². The normalized spacial score (nSPS) is 18.4. The molecule has 0 amide bonds. The topological polar surface area (TPSA) is 43.4 Å². The van der Waals surface area contributed by atoms with Gasteiger partial charge in [0.25, 0.3) is 0 Å². The Hall–Kier alpha value is -0.720. The summed E-state index contributed by atoms with van der Waals surface area (Å²) in [6.07, 6.45) is 6.25. The molecule has 6 heteroatoms. The van der Waals surface area contributed by atoms with E-state index in [1.54, 1.807) is 17.1 Å². The van der Waals surface area contributed by atoms with Gasteiger partial charge in [-0.3, -0.25) is 4.79 Å². The Labute approximate surface area is 116 Å². The predicted molar refractivity (Wildman–Crippen MR) is 75.6 cm³/mol. The summed E-state index contributed by atoms with van der Waals surface area (Å²) >= 11 is 5.79. The van der Waals surface area contributed by atoms with E-state index in [1.165, 1.54) is 42.8 Å². The fourth-order valence-corrected chi connectivity index (χ4v) is 2.69. The molecule has 3 nitrogen and oxygen atoms in total. The summed E-state index contributed by atoms with van der Waals surface area (Å²) in [7, 11) is 1.32. The molecule has 0 fully saturated rings. The molecule has 0 saturated carbocycles. The maximum absolute atomic E-state index is 10.9. The van der Waals surface area contributed by atoms with Crippen molar-refractivity contribution < 1.29 is 14.3 Å². The number of rotatable bonds is 4. The molecule has 0 atom stereocenters. The number of hydrogen-bond acceptors (Lipinski definition) is 5. The van der Waals surface area contributed by atoms with E-state index in [-0.39, 0.29) is 5.12 Å². The monoisotopic (exact) mass is 332 g/mol. The maximum atomic E-state index is 10.9. The average molecular weight is 333 g/mol. The van der Waals surface area contributed by atoms with E-state index in [1.807, 2.05) is 5.41 Å². The highest BCUT2D eigenvalue weighted by molar-refractivity contribution is 9.11. The van der Waals surface area contributed by atoms with E-state index in [2.05, 4.69) is 20.7 Å². The molecule has 0 aromatic heterocycles. The highest BCUT2D eigenvalue weighted by Gasteiger charge is 2.08. The smallest absolute Gasteiger partial charge is 0.330 e. The van der Waals surface area contributed by atoms with Crippen LogP contribution >= 0.6 is 39.5 Å². The van der Waals surface area contributed by atoms with Gasteiger partial charge in [-0.15, -0.1) is 0 Å². The number of ether oxygens (including phenoxy) is 1. The average Bonchev–Trinajstić information content (AvgIpc) is 2.75. The summed E-state index contributed by atoms with van der Waals surface area (Å²) in [5.74, 6) is -0.407. The molecule has 0 spiro atoms. The van der Waals surface area contributed by atoms with Crippen molar-refractivity contribution in [1.29, 1.82) is 0 Å². The number of methoxy groups -OCH3 is 1. The van der Waals surface area contributed by atoms with Crippen molar-refractivity contribution >= 4 is 50.5 Å². The number of carbonyl (C=O) groups excluding carboxylic acids is 2. The van der Waals surface area contributed by atoms with Crippen molar-refractivity contribution in [2.24, 2.45) is 0 Å². The van der Waals surface area contributed by atoms with E-state index in [0.717, 1.165) is 9.81 Å². The summed E-state index contributed by atoms with van der Waals surface area (Å²) in [6, 6.07) is 0. The van der Waals surface area contributed by atoms with E-state index >= 15 is 0 Å². The molecular formula is C11H9BrO3S2. The lowest BCUT2D eigenvalue weighted by atomic mass is 10.5. The van der Waals surface area contributed by atoms with Crippen LogP contribution in [0.2, 0.25) is 0 Å². The number of esters is 1. The van der Waals surface area contributed by atoms with E-state index < -0.39 is 5.97 Å². The predicted octanol–water partition coefficient (Wildman–Crippen LogP) is 3.36. The Balaban J connectivity index is 2.55. The lowest BCUT2D eigenvalue weighted by Gasteiger charge is -1.96. The molecule has 1 heterocycles. The fraction of sp³-hybridized carbons (Fsp3) is 0.0909. The molecule has 1 rings (SSSR count). The number of thioether (sulfide) groups is 2. The van der Waals surface area contributed by atoms with E-state index in [4.69, 9.17) is 0 Å². The molecule has 0 unspecified atom stereocenters. The molecule has 17 heavy (non-hydrogen) atoms. The second-order valence-electron chi connectivity index (χ2n) is 2.76. The highest BCUT2D eigenvalue weighted by atomic mass is 79.9. The van der Waals surface area contributed by atoms with Gasteiger partial charge in [0, 0.05) is 15.9 Å². The van der Waals surface area contributed by atoms with Gasteiger partial charge in [-0.1, -0.05) is 27.7 Å². The number of hydrogen-bond donors (Lipinski definition) is 0. The van der Waals surface area contributed by atoms with Crippen LogP contribution in [-0.4, -0.2) is 18.2 Å². The fourth-order valence-electron chi connectivity index (χ4n) is 0.843. The first-order chi connectivity index (χ1) is 8.15. The van der Waals surface area contributed by atoms with Gasteiger partial charge in [0.05, 0.1) is 7.11 Å². The molecule has 0 aromatic carbocycles. The zero-order chi connectivity index (χ0) is 12.7. The number of allylic oxidation sites excluding steroid dienone is 2. The largest absolute Gasteiger partial charge is 0.466 e. The lowest BCUT2D eigenvalue weighted by Crippen LogP contribution is -1.93. The maximum Gasteiger partial charge on any atom is 0.330 e. The van der Waals surface area contributed by atoms with Crippen molar-refractivity contribution in [3.63, 3.8) is 0 Å². The third kappa shape index (κ3) is 5.43. The van der Waals surface area contributed by atoms with Crippen molar-refractivity contribution in [3.05, 3.63) is 44.5 Å². The van der Waals surface area contributed by atoms with Crippen molar-refractivity contribution in [2.45, 2.75) is 0 Å². The van der Waals surface area contributed by atoms with Gasteiger partial charge >= 0.3 is 5.97 Å². The first kappa shape index (κ1) is 14.3. The van der Waals surface area contributed by atoms with Crippen LogP contribution in [0.4, 0.5) is 0 Å². The lowest BCUT2D eigenvalue weighted by molar-refractivity contribution is -0.134. The number of halogens is 1. The van der Waals surface area contributed by atoms with Gasteiger partial charge < -0.3 is 4.74 Å². The Morgan fingerprint density at radius 3 is 2.76 bits per heavy atom. The van der Waals surface area contributed by atoms with Gasteiger partial charge in [0.1, 0.15) is 0 Å². The molecule has 1 aliphatic heterocycles. The van der Waals surface area contributed by atoms with Crippen LogP contribution in [0.25, 0.3) is 0 Å². The van der Waals surface area contributed by atoms with Gasteiger partial charge in [-0.25, -0.2) is 4.79 Å². The zero-order valence-corrected chi connectivity index (χ0v) is 12.1. The van der Waals surface area contributed by atoms with Gasteiger partial charge in [0.15, 0.2) is 0 Å². The minimum Gasteiger partial charge on any atom is -0.466 e. The van der Waals surface area contributed by atoms with Crippen LogP contribution in [0.15, 0.2) is 44.5 Å². The van der Waals surface area contributed by atoms with Gasteiger partial charge in [0.2, 0.25) is 5.12 Å². The minimum atomic E-state index is -0.407. The Morgan fingerprint density at radius 1 is 1.47 bits per heavy atom. The highest BCUT2D eigenvalue weighted by Crippen LogP contribution is 2.30. The summed E-state index contributed by atoms with van der Waals surface area (Å²) in [4.78, 5) is 25.3. The molecule has 0 saturated heterocycles. The standard InChI is InChI=1S/C11H9BrO3S2/c1-15-10(13)4-2-8(6-12)16-7-9-3-5-11(14)17-9/h2-7H,1H3/b4-2-,8-6-,9-7-.